The molecule has 0 aliphatic carbocycles. The second-order valence-electron chi connectivity index (χ2n) is 9.61. The average molecular weight is 681 g/mol. The molecule has 2 unspecified atom stereocenters. The minimum Gasteiger partial charge on any atom is -0.259 e. The van der Waals surface area contributed by atoms with Gasteiger partial charge in [0.15, 0.2) is 19.7 Å². The first kappa shape index (κ1) is 31.6. The van der Waals surface area contributed by atoms with Gasteiger partial charge in [0.05, 0.1) is 15.5 Å². The fourth-order valence-electron chi connectivity index (χ4n) is 4.69. The SMILES string of the molecule is O=S(=O)(c1ccc(Cl)cc1)C(c1ccc(C(c2cc(F)ccc2F)S(=O)(=O)c2ccc(Cl)cc2)nc1)c1cc(F)ccc1F. The molecule has 5 nitrogen and oxygen atoms in total. The monoisotopic (exact) mass is 679 g/mol. The largest absolute Gasteiger partial charge is 0.259 e. The Morgan fingerprint density at radius 2 is 0.977 bits per heavy atom. The summed E-state index contributed by atoms with van der Waals surface area (Å²) in [4.78, 5) is 3.63. The first-order valence-electron chi connectivity index (χ1n) is 12.6. The van der Waals surface area contributed by atoms with Crippen molar-refractivity contribution in [3.8, 4) is 0 Å². The van der Waals surface area contributed by atoms with E-state index in [1.54, 1.807) is 0 Å². The number of halogens is 6. The Balaban J connectivity index is 1.70. The Kier molecular flexibility index (Phi) is 8.86. The van der Waals surface area contributed by atoms with Crippen molar-refractivity contribution in [2.75, 3.05) is 0 Å². The number of hydrogen-bond acceptors (Lipinski definition) is 5. The van der Waals surface area contributed by atoms with Gasteiger partial charge in [-0.25, -0.2) is 34.4 Å². The van der Waals surface area contributed by atoms with E-state index in [1.807, 2.05) is 0 Å². The zero-order valence-electron chi connectivity index (χ0n) is 22.1. The summed E-state index contributed by atoms with van der Waals surface area (Å²) in [6, 6.07) is 16.9. The molecule has 44 heavy (non-hydrogen) atoms. The van der Waals surface area contributed by atoms with E-state index >= 15 is 8.78 Å². The number of benzene rings is 4. The molecule has 1 heterocycles. The maximum absolute atomic E-state index is 15.1. The second-order valence-corrected chi connectivity index (χ2v) is 14.5. The van der Waals surface area contributed by atoms with E-state index in [1.165, 1.54) is 48.5 Å². The number of aromatic nitrogens is 1. The van der Waals surface area contributed by atoms with Crippen LogP contribution in [0.4, 0.5) is 17.6 Å². The molecule has 5 aromatic rings. The van der Waals surface area contributed by atoms with Gasteiger partial charge in [-0.05, 0) is 96.6 Å². The fourth-order valence-corrected chi connectivity index (χ4v) is 8.50. The van der Waals surface area contributed by atoms with Crippen molar-refractivity contribution >= 4 is 42.9 Å². The van der Waals surface area contributed by atoms with Crippen molar-refractivity contribution in [1.29, 1.82) is 0 Å². The summed E-state index contributed by atoms with van der Waals surface area (Å²) in [7, 11) is -8.99. The molecule has 0 saturated carbocycles. The molecule has 13 heteroatoms. The molecule has 0 bridgehead atoms. The van der Waals surface area contributed by atoms with Crippen LogP contribution in [0.2, 0.25) is 10.0 Å². The summed E-state index contributed by atoms with van der Waals surface area (Å²) in [5.41, 5.74) is -1.54. The van der Waals surface area contributed by atoms with Gasteiger partial charge in [-0.2, -0.15) is 0 Å². The quantitative estimate of drug-likeness (QED) is 0.155. The lowest BCUT2D eigenvalue weighted by Crippen LogP contribution is -2.20. The predicted molar refractivity (Wildman–Crippen MR) is 158 cm³/mol. The summed E-state index contributed by atoms with van der Waals surface area (Å²) < 4.78 is 114. The highest BCUT2D eigenvalue weighted by Gasteiger charge is 2.37. The lowest BCUT2D eigenvalue weighted by Gasteiger charge is -2.22. The predicted octanol–water partition coefficient (Wildman–Crippen LogP) is 8.07. The van der Waals surface area contributed by atoms with Crippen molar-refractivity contribution in [2.24, 2.45) is 0 Å². The number of rotatable bonds is 8. The third-order valence-electron chi connectivity index (χ3n) is 6.77. The van der Waals surface area contributed by atoms with E-state index in [2.05, 4.69) is 4.98 Å². The molecular formula is C31H19Cl2F4NO4S2. The van der Waals surface area contributed by atoms with Crippen molar-refractivity contribution in [1.82, 2.24) is 4.98 Å². The van der Waals surface area contributed by atoms with Gasteiger partial charge in [0.2, 0.25) is 0 Å². The Morgan fingerprint density at radius 1 is 0.545 bits per heavy atom. The summed E-state index contributed by atoms with van der Waals surface area (Å²) in [6.07, 6.45) is 0.972. The molecule has 0 fully saturated rings. The Morgan fingerprint density at radius 3 is 1.41 bits per heavy atom. The molecular weight excluding hydrogens is 661 g/mol. The molecule has 0 aliphatic heterocycles. The highest BCUT2D eigenvalue weighted by molar-refractivity contribution is 7.92. The number of nitrogens with zero attached hydrogens (tertiary/aromatic N) is 1. The Bertz CT molecular complexity index is 1910. The second kappa shape index (κ2) is 12.3. The topological polar surface area (TPSA) is 81.2 Å². The van der Waals surface area contributed by atoms with Crippen LogP contribution >= 0.6 is 23.2 Å². The molecule has 0 spiro atoms. The lowest BCUT2D eigenvalue weighted by molar-refractivity contribution is 0.566. The smallest absolute Gasteiger partial charge is 0.191 e. The van der Waals surface area contributed by atoms with Gasteiger partial charge >= 0.3 is 0 Å². The van der Waals surface area contributed by atoms with E-state index in [4.69, 9.17) is 23.2 Å². The van der Waals surface area contributed by atoms with Crippen LogP contribution in [0.1, 0.15) is 32.9 Å². The molecule has 0 saturated heterocycles. The van der Waals surface area contributed by atoms with Gasteiger partial charge in [0.1, 0.15) is 33.8 Å². The minimum atomic E-state index is -4.50. The molecule has 226 valence electrons. The molecule has 4 aromatic carbocycles. The van der Waals surface area contributed by atoms with Gasteiger partial charge in [0, 0.05) is 27.4 Å². The number of pyridine rings is 1. The van der Waals surface area contributed by atoms with Gasteiger partial charge < -0.3 is 0 Å². The van der Waals surface area contributed by atoms with Gasteiger partial charge in [-0.1, -0.05) is 29.3 Å². The summed E-state index contributed by atoms with van der Waals surface area (Å²) in [5.74, 6) is -3.88. The maximum atomic E-state index is 15.1. The van der Waals surface area contributed by atoms with Crippen molar-refractivity contribution in [3.63, 3.8) is 0 Å². The van der Waals surface area contributed by atoms with Gasteiger partial charge in [-0.15, -0.1) is 0 Å². The zero-order chi connectivity index (χ0) is 31.8. The van der Waals surface area contributed by atoms with E-state index in [-0.39, 0.29) is 31.1 Å². The molecule has 0 amide bonds. The van der Waals surface area contributed by atoms with E-state index in [9.17, 15) is 25.6 Å². The summed E-state index contributed by atoms with van der Waals surface area (Å²) >= 11 is 11.8. The van der Waals surface area contributed by atoms with Crippen LogP contribution in [-0.2, 0) is 19.7 Å². The highest BCUT2D eigenvalue weighted by atomic mass is 35.5. The highest BCUT2D eigenvalue weighted by Crippen LogP contribution is 2.40. The first-order chi connectivity index (χ1) is 20.8. The third-order valence-corrected chi connectivity index (χ3v) is 11.4. The first-order valence-corrected chi connectivity index (χ1v) is 16.5. The van der Waals surface area contributed by atoms with E-state index in [0.29, 0.717) is 0 Å². The van der Waals surface area contributed by atoms with Crippen LogP contribution in [-0.4, -0.2) is 21.8 Å². The van der Waals surface area contributed by atoms with E-state index < -0.39 is 64.6 Å². The normalized spacial score (nSPS) is 13.4. The standard InChI is InChI=1S/C31H19Cl2F4NO4S2/c32-19-2-8-23(9-3-19)43(39,40)30(25-15-21(34)6-12-27(25)36)18-1-14-29(38-17-18)31(26-16-22(35)7-13-28(26)37)44(41,42)24-10-4-20(33)5-11-24/h1-17,30-31H. The molecule has 0 N–H and O–H groups in total. The summed E-state index contributed by atoms with van der Waals surface area (Å²) in [6.45, 7) is 0. The minimum absolute atomic E-state index is 0.157. The van der Waals surface area contributed by atoms with Crippen LogP contribution in [0.3, 0.4) is 0 Å². The zero-order valence-corrected chi connectivity index (χ0v) is 25.3. The van der Waals surface area contributed by atoms with Crippen molar-refractivity contribution in [2.45, 2.75) is 20.3 Å². The van der Waals surface area contributed by atoms with Gasteiger partial charge in [0.25, 0.3) is 0 Å². The van der Waals surface area contributed by atoms with Crippen LogP contribution < -0.4 is 0 Å². The average Bonchev–Trinajstić information content (AvgIpc) is 2.98. The van der Waals surface area contributed by atoms with Crippen molar-refractivity contribution in [3.05, 3.63) is 159 Å². The number of hydrogen-bond donors (Lipinski definition) is 0. The molecule has 5 rings (SSSR count). The van der Waals surface area contributed by atoms with Crippen molar-refractivity contribution < 1.29 is 34.4 Å². The molecule has 0 aliphatic rings. The lowest BCUT2D eigenvalue weighted by atomic mass is 10.0. The van der Waals surface area contributed by atoms with Crippen LogP contribution in [0.5, 0.6) is 0 Å². The molecule has 1 aromatic heterocycles. The summed E-state index contributed by atoms with van der Waals surface area (Å²) in [5, 5.41) is -3.25. The Hall–Kier alpha value is -3.77. The Labute approximate surface area is 260 Å². The molecule has 0 radical (unpaired) electrons. The van der Waals surface area contributed by atoms with E-state index in [0.717, 1.165) is 54.7 Å². The number of sulfone groups is 2. The third kappa shape index (κ3) is 6.23. The van der Waals surface area contributed by atoms with Crippen LogP contribution in [0.25, 0.3) is 0 Å². The fraction of sp³-hybridized carbons (Fsp3) is 0.0645. The van der Waals surface area contributed by atoms with Crippen LogP contribution in [0.15, 0.2) is 113 Å². The molecule has 2 atom stereocenters. The van der Waals surface area contributed by atoms with Crippen LogP contribution in [0, 0.1) is 23.3 Å². The maximum Gasteiger partial charge on any atom is 0.191 e. The van der Waals surface area contributed by atoms with Gasteiger partial charge in [-0.3, -0.25) is 4.98 Å².